The highest BCUT2D eigenvalue weighted by molar-refractivity contribution is 6.43. The standard InChI is InChI=1S/C82H58N4/c1-81(2,3)51-43-59(49-33-35-69-61(39-49)57-29-17-19-31-67(57)83(69)53-23-9-7-10-24-53)77-65(45-51)63-41-47-21-13-15-27-55(47)73-75-71(85(77)79(63)73)37-38-72-76(75)74-56-28-16-14-22-48(56)42-64-66-46-52(82(4,5)6)44-60(78(66)86(72)80(64)74)50-34-36-70-62(40-50)58-30-18-20-32-68(58)84(70)54-25-11-8-12-26-54/h7-46H,1-6H3. The lowest BCUT2D eigenvalue weighted by Gasteiger charge is -2.21. The van der Waals surface area contributed by atoms with Gasteiger partial charge >= 0.3 is 0 Å². The van der Waals surface area contributed by atoms with Gasteiger partial charge in [-0.3, -0.25) is 0 Å². The maximum absolute atomic E-state index is 2.68. The van der Waals surface area contributed by atoms with Gasteiger partial charge < -0.3 is 17.9 Å². The van der Waals surface area contributed by atoms with Crippen LogP contribution in [0.2, 0.25) is 0 Å². The summed E-state index contributed by atoms with van der Waals surface area (Å²) in [5.41, 5.74) is 22.0. The Balaban J connectivity index is 0.972. The Bertz CT molecular complexity index is 5750. The topological polar surface area (TPSA) is 18.7 Å². The van der Waals surface area contributed by atoms with Gasteiger partial charge in [-0.25, -0.2) is 0 Å². The summed E-state index contributed by atoms with van der Waals surface area (Å²) in [4.78, 5) is 0. The van der Waals surface area contributed by atoms with Crippen molar-refractivity contribution in [1.82, 2.24) is 17.9 Å². The summed E-state index contributed by atoms with van der Waals surface area (Å²) in [5.74, 6) is 0. The van der Waals surface area contributed by atoms with E-state index in [-0.39, 0.29) is 10.8 Å². The average molecular weight is 1100 g/mol. The monoisotopic (exact) mass is 1100 g/mol. The molecule has 86 heavy (non-hydrogen) atoms. The van der Waals surface area contributed by atoms with E-state index in [0.29, 0.717) is 0 Å². The van der Waals surface area contributed by atoms with Crippen LogP contribution in [0.5, 0.6) is 0 Å². The number of para-hydroxylation sites is 4. The first-order valence-electron chi connectivity index (χ1n) is 30.4. The van der Waals surface area contributed by atoms with Crippen molar-refractivity contribution >= 4 is 141 Å². The lowest BCUT2D eigenvalue weighted by Crippen LogP contribution is -2.11. The molecule has 0 aliphatic carbocycles. The lowest BCUT2D eigenvalue weighted by molar-refractivity contribution is 0.591. The van der Waals surface area contributed by atoms with E-state index in [0.717, 1.165) is 11.4 Å². The van der Waals surface area contributed by atoms with Crippen LogP contribution >= 0.6 is 0 Å². The summed E-state index contributed by atoms with van der Waals surface area (Å²) < 4.78 is 10.2. The molecule has 0 saturated carbocycles. The number of nitrogens with zero attached hydrogens (tertiary/aromatic N) is 4. The molecule has 6 aromatic heterocycles. The fourth-order valence-corrected chi connectivity index (χ4v) is 15.7. The van der Waals surface area contributed by atoms with Crippen LogP contribution in [0.4, 0.5) is 0 Å². The molecule has 0 atom stereocenters. The molecule has 13 aromatic carbocycles. The fourth-order valence-electron chi connectivity index (χ4n) is 15.7. The third-order valence-corrected chi connectivity index (χ3v) is 19.6. The van der Waals surface area contributed by atoms with Crippen molar-refractivity contribution in [3.63, 3.8) is 0 Å². The number of benzene rings is 13. The van der Waals surface area contributed by atoms with Crippen molar-refractivity contribution in [2.24, 2.45) is 0 Å². The molecule has 0 saturated heterocycles. The molecule has 6 heterocycles. The highest BCUT2D eigenvalue weighted by atomic mass is 15.0. The maximum atomic E-state index is 2.68. The molecule has 19 aromatic rings. The van der Waals surface area contributed by atoms with E-state index in [1.54, 1.807) is 0 Å². The molecule has 0 amide bonds. The highest BCUT2D eigenvalue weighted by Gasteiger charge is 2.31. The van der Waals surface area contributed by atoms with Crippen LogP contribution < -0.4 is 0 Å². The second kappa shape index (κ2) is 16.7. The minimum atomic E-state index is -0.109. The third kappa shape index (κ3) is 6.27. The quantitative estimate of drug-likeness (QED) is 0.167. The minimum Gasteiger partial charge on any atom is -0.309 e. The first-order valence-corrected chi connectivity index (χ1v) is 30.4. The summed E-state index contributed by atoms with van der Waals surface area (Å²) in [6.45, 7) is 14.2. The highest BCUT2D eigenvalue weighted by Crippen LogP contribution is 2.54. The van der Waals surface area contributed by atoms with E-state index >= 15 is 0 Å². The third-order valence-electron chi connectivity index (χ3n) is 19.6. The molecule has 0 aliphatic heterocycles. The second-order valence-electron chi connectivity index (χ2n) is 26.4. The van der Waals surface area contributed by atoms with Crippen molar-refractivity contribution in [2.45, 2.75) is 52.4 Å². The number of hydrogen-bond donors (Lipinski definition) is 0. The predicted molar refractivity (Wildman–Crippen MR) is 368 cm³/mol. The zero-order chi connectivity index (χ0) is 57.2. The Morgan fingerprint density at radius 1 is 0.244 bits per heavy atom. The first-order chi connectivity index (χ1) is 42.0. The summed E-state index contributed by atoms with van der Waals surface area (Å²) in [5, 5.41) is 20.5. The number of fused-ring (bicyclic) bond motifs is 23. The summed E-state index contributed by atoms with van der Waals surface area (Å²) >= 11 is 0. The van der Waals surface area contributed by atoms with E-state index < -0.39 is 0 Å². The fraction of sp³-hybridized carbons (Fsp3) is 0.0976. The van der Waals surface area contributed by atoms with Crippen molar-refractivity contribution in [3.05, 3.63) is 254 Å². The van der Waals surface area contributed by atoms with Gasteiger partial charge in [0.1, 0.15) is 0 Å². The summed E-state index contributed by atoms with van der Waals surface area (Å²) in [7, 11) is 0. The molecule has 0 unspecified atom stereocenters. The van der Waals surface area contributed by atoms with Gasteiger partial charge in [0.15, 0.2) is 0 Å². The van der Waals surface area contributed by atoms with Crippen molar-refractivity contribution < 1.29 is 0 Å². The van der Waals surface area contributed by atoms with Gasteiger partial charge in [-0.15, -0.1) is 0 Å². The zero-order valence-electron chi connectivity index (χ0n) is 48.9. The van der Waals surface area contributed by atoms with Gasteiger partial charge in [0.25, 0.3) is 0 Å². The molecular weight excluding hydrogens is 1040 g/mol. The second-order valence-corrected chi connectivity index (χ2v) is 26.4. The van der Waals surface area contributed by atoms with E-state index in [9.17, 15) is 0 Å². The molecule has 0 radical (unpaired) electrons. The van der Waals surface area contributed by atoms with Gasteiger partial charge in [-0.05, 0) is 164 Å². The maximum Gasteiger partial charge on any atom is 0.0627 e. The van der Waals surface area contributed by atoms with Crippen LogP contribution in [0, 0.1) is 0 Å². The molecule has 4 nitrogen and oxygen atoms in total. The summed E-state index contributed by atoms with van der Waals surface area (Å²) in [6.07, 6.45) is 0. The van der Waals surface area contributed by atoms with Crippen molar-refractivity contribution in [1.29, 1.82) is 0 Å². The van der Waals surface area contributed by atoms with Crippen LogP contribution in [-0.2, 0) is 10.8 Å². The molecule has 406 valence electrons. The zero-order valence-corrected chi connectivity index (χ0v) is 48.9. The first kappa shape index (κ1) is 48.0. The Kier molecular flexibility index (Phi) is 9.31. The van der Waals surface area contributed by atoms with Crippen LogP contribution in [-0.4, -0.2) is 17.9 Å². The lowest BCUT2D eigenvalue weighted by atomic mass is 9.83. The number of aromatic nitrogens is 4. The molecule has 0 N–H and O–H groups in total. The SMILES string of the molecule is CC(C)(C)c1cc(-c2ccc3c(c2)c2ccccc2n3-c2ccccc2)c2c(c1)c1cc3ccccc3c3c4c5c6c7ccccc7cc7c8cc(C(C)(C)C)cc(-c9ccc%10c(c9)c9ccccc9n%10-c9ccccc9)c8n(c5ccc4n2c13)c76. The average Bonchev–Trinajstić information content (AvgIpc) is 1.53. The summed E-state index contributed by atoms with van der Waals surface area (Å²) in [6, 6.07) is 92.2. The van der Waals surface area contributed by atoms with Crippen LogP contribution in [0.25, 0.3) is 175 Å². The largest absolute Gasteiger partial charge is 0.309 e. The van der Waals surface area contributed by atoms with Gasteiger partial charge in [0, 0.05) is 87.1 Å². The smallest absolute Gasteiger partial charge is 0.0627 e. The normalized spacial score (nSPS) is 13.0. The van der Waals surface area contributed by atoms with E-state index in [1.807, 2.05) is 0 Å². The molecule has 0 bridgehead atoms. The molecule has 0 spiro atoms. The Labute approximate surface area is 496 Å². The van der Waals surface area contributed by atoms with Gasteiger partial charge in [0.05, 0.1) is 55.2 Å². The number of rotatable bonds is 4. The Morgan fingerprint density at radius 2 is 0.593 bits per heavy atom. The molecule has 4 heteroatoms. The molecule has 0 fully saturated rings. The Hall–Kier alpha value is -10.4. The molecule has 19 rings (SSSR count). The number of hydrogen-bond acceptors (Lipinski definition) is 0. The van der Waals surface area contributed by atoms with E-state index in [2.05, 4.69) is 302 Å². The van der Waals surface area contributed by atoms with Crippen LogP contribution in [0.1, 0.15) is 52.7 Å². The van der Waals surface area contributed by atoms with E-state index in [4.69, 9.17) is 0 Å². The van der Waals surface area contributed by atoms with Gasteiger partial charge in [-0.1, -0.05) is 175 Å². The minimum absolute atomic E-state index is 0.109. The van der Waals surface area contributed by atoms with Crippen molar-refractivity contribution in [3.8, 4) is 33.6 Å². The van der Waals surface area contributed by atoms with Crippen LogP contribution in [0.15, 0.2) is 243 Å². The van der Waals surface area contributed by atoms with Gasteiger partial charge in [0.2, 0.25) is 0 Å². The van der Waals surface area contributed by atoms with E-state index in [1.165, 1.54) is 175 Å². The van der Waals surface area contributed by atoms with Crippen molar-refractivity contribution in [2.75, 3.05) is 0 Å². The molecule has 0 aliphatic rings. The Morgan fingerprint density at radius 3 is 1.01 bits per heavy atom. The van der Waals surface area contributed by atoms with Crippen LogP contribution in [0.3, 0.4) is 0 Å². The molecular formula is C82H58N4. The van der Waals surface area contributed by atoms with Gasteiger partial charge in [-0.2, -0.15) is 0 Å². The predicted octanol–water partition coefficient (Wildman–Crippen LogP) is 22.4.